The maximum atomic E-state index is 11.7. The summed E-state index contributed by atoms with van der Waals surface area (Å²) in [4.78, 5) is 16.2. The molecule has 0 saturated heterocycles. The Labute approximate surface area is 155 Å². The maximum Gasteiger partial charge on any atom is 0.228 e. The normalized spacial score (nSPS) is 10.9. The van der Waals surface area contributed by atoms with Crippen molar-refractivity contribution in [2.45, 2.75) is 13.8 Å². The first kappa shape index (κ1) is 17.4. The third-order valence-electron chi connectivity index (χ3n) is 3.52. The third kappa shape index (κ3) is 3.97. The van der Waals surface area contributed by atoms with E-state index >= 15 is 0 Å². The van der Waals surface area contributed by atoms with Gasteiger partial charge in [-0.2, -0.15) is 0 Å². The predicted octanol–water partition coefficient (Wildman–Crippen LogP) is 4.62. The summed E-state index contributed by atoms with van der Waals surface area (Å²) in [6.07, 6.45) is 0. The summed E-state index contributed by atoms with van der Waals surface area (Å²) in [5.41, 5.74) is 2.81. The largest absolute Gasteiger partial charge is 0.436 e. The van der Waals surface area contributed by atoms with E-state index in [9.17, 15) is 4.79 Å². The van der Waals surface area contributed by atoms with Crippen LogP contribution in [-0.2, 0) is 4.79 Å². The molecule has 0 saturated carbocycles. The number of benzene rings is 2. The summed E-state index contributed by atoms with van der Waals surface area (Å²) in [5.74, 6) is 0.156. The van der Waals surface area contributed by atoms with Gasteiger partial charge in [-0.15, -0.1) is 0 Å². The number of hydrogen-bond acceptors (Lipinski definition) is 4. The number of fused-ring (bicyclic) bond motifs is 1. The molecule has 7 heteroatoms. The number of carbonyl (C=O) groups excluding carboxylic acids is 1. The standard InChI is InChI=1S/C18H16ClN3O2S/c1-10(2)16(23)22-18(25)21-14-9-11(7-8-12(14)19)17-20-13-5-3-4-6-15(13)24-17/h3-10H,1-2H3,(H2,21,22,23,25). The van der Waals surface area contributed by atoms with Gasteiger partial charge in [0.15, 0.2) is 10.7 Å². The van der Waals surface area contributed by atoms with Crippen molar-refractivity contribution >= 4 is 51.6 Å². The van der Waals surface area contributed by atoms with Crippen LogP contribution >= 0.6 is 23.8 Å². The van der Waals surface area contributed by atoms with Crippen molar-refractivity contribution in [2.24, 2.45) is 5.92 Å². The van der Waals surface area contributed by atoms with E-state index in [4.69, 9.17) is 28.2 Å². The van der Waals surface area contributed by atoms with Gasteiger partial charge in [0, 0.05) is 11.5 Å². The van der Waals surface area contributed by atoms with Crippen molar-refractivity contribution in [1.29, 1.82) is 0 Å². The molecular weight excluding hydrogens is 358 g/mol. The first-order chi connectivity index (χ1) is 11.9. The second-order valence-corrected chi connectivity index (χ2v) is 6.59. The van der Waals surface area contributed by atoms with Crippen LogP contribution in [0.1, 0.15) is 13.8 Å². The lowest BCUT2D eigenvalue weighted by molar-refractivity contribution is -0.122. The average molecular weight is 374 g/mol. The first-order valence-corrected chi connectivity index (χ1v) is 8.50. The number of para-hydroxylation sites is 2. The second kappa shape index (κ2) is 7.21. The van der Waals surface area contributed by atoms with Crippen LogP contribution < -0.4 is 10.6 Å². The van der Waals surface area contributed by atoms with Crippen LogP contribution in [0.15, 0.2) is 46.9 Å². The van der Waals surface area contributed by atoms with E-state index in [1.165, 1.54) is 0 Å². The molecule has 1 aromatic heterocycles. The molecule has 0 aliphatic rings. The fourth-order valence-corrected chi connectivity index (χ4v) is 2.53. The van der Waals surface area contributed by atoms with E-state index in [2.05, 4.69) is 15.6 Å². The number of amides is 1. The van der Waals surface area contributed by atoms with Crippen molar-refractivity contribution in [3.05, 3.63) is 47.5 Å². The molecular formula is C18H16ClN3O2S. The van der Waals surface area contributed by atoms with E-state index in [0.717, 1.165) is 11.1 Å². The fourth-order valence-electron chi connectivity index (χ4n) is 2.16. The number of aromatic nitrogens is 1. The zero-order chi connectivity index (χ0) is 18.0. The molecule has 2 N–H and O–H groups in total. The van der Waals surface area contributed by atoms with E-state index in [-0.39, 0.29) is 16.9 Å². The second-order valence-electron chi connectivity index (χ2n) is 5.78. The lowest BCUT2D eigenvalue weighted by Gasteiger charge is -2.12. The van der Waals surface area contributed by atoms with Crippen LogP contribution in [0.5, 0.6) is 0 Å². The number of thiocarbonyl (C=S) groups is 1. The number of oxazole rings is 1. The van der Waals surface area contributed by atoms with Gasteiger partial charge in [0.05, 0.1) is 10.7 Å². The molecule has 1 heterocycles. The minimum absolute atomic E-state index is 0.163. The van der Waals surface area contributed by atoms with Crippen LogP contribution in [0.3, 0.4) is 0 Å². The smallest absolute Gasteiger partial charge is 0.228 e. The highest BCUT2D eigenvalue weighted by atomic mass is 35.5. The number of nitrogens with one attached hydrogen (secondary N) is 2. The lowest BCUT2D eigenvalue weighted by Crippen LogP contribution is -2.36. The highest BCUT2D eigenvalue weighted by Crippen LogP contribution is 2.30. The summed E-state index contributed by atoms with van der Waals surface area (Å²) in [6, 6.07) is 12.8. The zero-order valence-electron chi connectivity index (χ0n) is 13.7. The van der Waals surface area contributed by atoms with Gasteiger partial charge >= 0.3 is 0 Å². The molecule has 0 fully saturated rings. The summed E-state index contributed by atoms with van der Waals surface area (Å²) in [6.45, 7) is 3.58. The number of hydrogen-bond donors (Lipinski definition) is 2. The molecule has 3 rings (SSSR count). The van der Waals surface area contributed by atoms with E-state index in [1.807, 2.05) is 30.3 Å². The highest BCUT2D eigenvalue weighted by molar-refractivity contribution is 7.80. The Morgan fingerprint density at radius 3 is 2.72 bits per heavy atom. The molecule has 0 aliphatic carbocycles. The topological polar surface area (TPSA) is 67.2 Å². The number of halogens is 1. The molecule has 128 valence electrons. The number of rotatable bonds is 3. The first-order valence-electron chi connectivity index (χ1n) is 7.71. The molecule has 2 aromatic carbocycles. The summed E-state index contributed by atoms with van der Waals surface area (Å²) >= 11 is 11.4. The van der Waals surface area contributed by atoms with Crippen molar-refractivity contribution in [3.8, 4) is 11.5 Å². The Kier molecular flexibility index (Phi) is 5.01. The summed E-state index contributed by atoms with van der Waals surface area (Å²) < 4.78 is 5.77. The van der Waals surface area contributed by atoms with Crippen molar-refractivity contribution < 1.29 is 9.21 Å². The number of carbonyl (C=O) groups is 1. The fraction of sp³-hybridized carbons (Fsp3) is 0.167. The molecule has 0 aliphatic heterocycles. The molecule has 0 spiro atoms. The van der Waals surface area contributed by atoms with Gasteiger partial charge in [-0.3, -0.25) is 4.79 Å². The van der Waals surface area contributed by atoms with E-state index in [0.29, 0.717) is 22.2 Å². The van der Waals surface area contributed by atoms with Crippen LogP contribution in [0.2, 0.25) is 5.02 Å². The van der Waals surface area contributed by atoms with E-state index < -0.39 is 0 Å². The third-order valence-corrected chi connectivity index (χ3v) is 4.05. The number of nitrogens with zero attached hydrogens (tertiary/aromatic N) is 1. The van der Waals surface area contributed by atoms with E-state index in [1.54, 1.807) is 26.0 Å². The molecule has 3 aromatic rings. The van der Waals surface area contributed by atoms with Crippen LogP contribution in [0, 0.1) is 5.92 Å². The molecule has 0 unspecified atom stereocenters. The van der Waals surface area contributed by atoms with Crippen molar-refractivity contribution in [1.82, 2.24) is 10.3 Å². The Bertz CT molecular complexity index is 919. The van der Waals surface area contributed by atoms with Gasteiger partial charge in [-0.25, -0.2) is 4.98 Å². The quantitative estimate of drug-likeness (QED) is 0.656. The molecule has 1 amide bonds. The minimum atomic E-state index is -0.165. The van der Waals surface area contributed by atoms with Crippen LogP contribution in [0.25, 0.3) is 22.6 Å². The average Bonchev–Trinajstić information content (AvgIpc) is 3.00. The summed E-state index contributed by atoms with van der Waals surface area (Å²) in [5, 5.41) is 6.22. The Morgan fingerprint density at radius 2 is 2.00 bits per heavy atom. The molecule has 0 radical (unpaired) electrons. The van der Waals surface area contributed by atoms with Crippen molar-refractivity contribution in [2.75, 3.05) is 5.32 Å². The SMILES string of the molecule is CC(C)C(=O)NC(=S)Nc1cc(-c2nc3ccccc3o2)ccc1Cl. The Morgan fingerprint density at radius 1 is 1.24 bits per heavy atom. The van der Waals surface area contributed by atoms with Crippen molar-refractivity contribution in [3.63, 3.8) is 0 Å². The van der Waals surface area contributed by atoms with Crippen LogP contribution in [-0.4, -0.2) is 16.0 Å². The monoisotopic (exact) mass is 373 g/mol. The van der Waals surface area contributed by atoms with Gasteiger partial charge in [0.25, 0.3) is 0 Å². The molecule has 25 heavy (non-hydrogen) atoms. The Balaban J connectivity index is 1.85. The molecule has 0 atom stereocenters. The van der Waals surface area contributed by atoms with Gasteiger partial charge in [0.2, 0.25) is 11.8 Å². The van der Waals surface area contributed by atoms with Crippen LogP contribution in [0.4, 0.5) is 5.69 Å². The minimum Gasteiger partial charge on any atom is -0.436 e. The zero-order valence-corrected chi connectivity index (χ0v) is 15.2. The lowest BCUT2D eigenvalue weighted by atomic mass is 10.2. The van der Waals surface area contributed by atoms with Gasteiger partial charge in [-0.1, -0.05) is 37.6 Å². The predicted molar refractivity (Wildman–Crippen MR) is 104 cm³/mol. The van der Waals surface area contributed by atoms with Gasteiger partial charge < -0.3 is 15.1 Å². The van der Waals surface area contributed by atoms with Gasteiger partial charge in [-0.05, 0) is 42.5 Å². The maximum absolute atomic E-state index is 11.7. The highest BCUT2D eigenvalue weighted by Gasteiger charge is 2.13. The molecule has 0 bridgehead atoms. The molecule has 5 nitrogen and oxygen atoms in total. The summed E-state index contributed by atoms with van der Waals surface area (Å²) in [7, 11) is 0. The Hall–Kier alpha value is -2.44. The van der Waals surface area contributed by atoms with Gasteiger partial charge in [0.1, 0.15) is 5.52 Å². The number of anilines is 1.